The Morgan fingerprint density at radius 2 is 2.22 bits per heavy atom. The minimum absolute atomic E-state index is 0.220. The summed E-state index contributed by atoms with van der Waals surface area (Å²) >= 11 is 7.52. The first kappa shape index (κ1) is 15.7. The first-order valence-corrected chi connectivity index (χ1v) is 8.20. The summed E-state index contributed by atoms with van der Waals surface area (Å²) < 4.78 is 0. The van der Waals surface area contributed by atoms with Gasteiger partial charge in [-0.3, -0.25) is 9.78 Å². The SMILES string of the molecule is Cc1nc2sc(C(=O)NCc3cccnc3)c(N)c2c(C)c1Cl. The van der Waals surface area contributed by atoms with Crippen LogP contribution in [0.15, 0.2) is 24.5 Å². The third-order valence-corrected chi connectivity index (χ3v) is 5.25. The maximum Gasteiger partial charge on any atom is 0.263 e. The number of nitrogens with zero attached hydrogens (tertiary/aromatic N) is 2. The van der Waals surface area contributed by atoms with Crippen LogP contribution in [0.4, 0.5) is 5.69 Å². The minimum Gasteiger partial charge on any atom is -0.397 e. The summed E-state index contributed by atoms with van der Waals surface area (Å²) in [7, 11) is 0. The number of carbonyl (C=O) groups is 1. The Kier molecular flexibility index (Phi) is 4.19. The van der Waals surface area contributed by atoms with Gasteiger partial charge in [0.1, 0.15) is 9.71 Å². The summed E-state index contributed by atoms with van der Waals surface area (Å²) in [5.74, 6) is -0.220. The maximum atomic E-state index is 12.4. The third-order valence-electron chi connectivity index (χ3n) is 3.60. The number of aryl methyl sites for hydroxylation is 2. The number of halogens is 1. The van der Waals surface area contributed by atoms with Crippen LogP contribution in [0.5, 0.6) is 0 Å². The van der Waals surface area contributed by atoms with Gasteiger partial charge in [-0.05, 0) is 31.0 Å². The van der Waals surface area contributed by atoms with Gasteiger partial charge in [-0.15, -0.1) is 11.3 Å². The second-order valence-electron chi connectivity index (χ2n) is 5.21. The zero-order valence-electron chi connectivity index (χ0n) is 12.7. The van der Waals surface area contributed by atoms with Crippen LogP contribution in [-0.4, -0.2) is 15.9 Å². The molecule has 0 radical (unpaired) electrons. The van der Waals surface area contributed by atoms with Crippen LogP contribution in [0.25, 0.3) is 10.2 Å². The average Bonchev–Trinajstić information content (AvgIpc) is 2.88. The summed E-state index contributed by atoms with van der Waals surface area (Å²) in [6.07, 6.45) is 3.40. The van der Waals surface area contributed by atoms with E-state index in [9.17, 15) is 4.79 Å². The number of hydrogen-bond acceptors (Lipinski definition) is 5. The van der Waals surface area contributed by atoms with Gasteiger partial charge in [-0.1, -0.05) is 17.7 Å². The zero-order valence-corrected chi connectivity index (χ0v) is 14.3. The van der Waals surface area contributed by atoms with Crippen molar-refractivity contribution in [1.29, 1.82) is 0 Å². The van der Waals surface area contributed by atoms with E-state index in [0.717, 1.165) is 27.0 Å². The van der Waals surface area contributed by atoms with Gasteiger partial charge in [0.05, 0.1) is 16.4 Å². The van der Waals surface area contributed by atoms with Gasteiger partial charge in [-0.25, -0.2) is 4.98 Å². The summed E-state index contributed by atoms with van der Waals surface area (Å²) in [5.41, 5.74) is 9.12. The highest BCUT2D eigenvalue weighted by Crippen LogP contribution is 2.38. The van der Waals surface area contributed by atoms with E-state index in [4.69, 9.17) is 17.3 Å². The van der Waals surface area contributed by atoms with Crippen molar-refractivity contribution in [2.24, 2.45) is 0 Å². The molecule has 23 heavy (non-hydrogen) atoms. The van der Waals surface area contributed by atoms with Crippen LogP contribution >= 0.6 is 22.9 Å². The van der Waals surface area contributed by atoms with Crippen molar-refractivity contribution < 1.29 is 4.79 Å². The molecule has 0 saturated carbocycles. The van der Waals surface area contributed by atoms with Crippen LogP contribution in [0.2, 0.25) is 5.02 Å². The first-order valence-electron chi connectivity index (χ1n) is 7.00. The van der Waals surface area contributed by atoms with Crippen molar-refractivity contribution in [3.63, 3.8) is 0 Å². The van der Waals surface area contributed by atoms with Gasteiger partial charge < -0.3 is 11.1 Å². The highest BCUT2D eigenvalue weighted by Gasteiger charge is 2.20. The van der Waals surface area contributed by atoms with Crippen molar-refractivity contribution in [3.8, 4) is 0 Å². The molecule has 3 aromatic heterocycles. The Balaban J connectivity index is 1.92. The van der Waals surface area contributed by atoms with E-state index < -0.39 is 0 Å². The van der Waals surface area contributed by atoms with Gasteiger partial charge >= 0.3 is 0 Å². The lowest BCUT2D eigenvalue weighted by molar-refractivity contribution is 0.0956. The van der Waals surface area contributed by atoms with E-state index >= 15 is 0 Å². The van der Waals surface area contributed by atoms with Crippen LogP contribution in [-0.2, 0) is 6.54 Å². The van der Waals surface area contributed by atoms with Gasteiger partial charge in [0, 0.05) is 24.3 Å². The fraction of sp³-hybridized carbons (Fsp3) is 0.188. The van der Waals surface area contributed by atoms with Gasteiger partial charge in [0.15, 0.2) is 0 Å². The van der Waals surface area contributed by atoms with Crippen LogP contribution < -0.4 is 11.1 Å². The number of aromatic nitrogens is 2. The molecule has 0 aliphatic rings. The molecular weight excluding hydrogens is 332 g/mol. The summed E-state index contributed by atoms with van der Waals surface area (Å²) in [5, 5.41) is 4.21. The molecule has 0 aliphatic heterocycles. The average molecular weight is 347 g/mol. The van der Waals surface area contributed by atoms with E-state index in [1.165, 1.54) is 11.3 Å². The van der Waals surface area contributed by atoms with E-state index in [0.29, 0.717) is 22.1 Å². The summed E-state index contributed by atoms with van der Waals surface area (Å²) in [6, 6.07) is 3.73. The lowest BCUT2D eigenvalue weighted by Crippen LogP contribution is -2.22. The molecule has 3 heterocycles. The number of carbonyl (C=O) groups excluding carboxylic acids is 1. The quantitative estimate of drug-likeness (QED) is 0.760. The predicted octanol–water partition coefficient (Wildman–Crippen LogP) is 3.47. The highest BCUT2D eigenvalue weighted by atomic mass is 35.5. The Bertz CT molecular complexity index is 892. The molecule has 3 N–H and O–H groups in total. The molecule has 5 nitrogen and oxygen atoms in total. The number of thiophene rings is 1. The molecule has 0 aliphatic carbocycles. The molecule has 0 fully saturated rings. The normalized spacial score (nSPS) is 10.9. The molecule has 3 aromatic rings. The Hall–Kier alpha value is -2.18. The van der Waals surface area contributed by atoms with Crippen LogP contribution in [0.1, 0.15) is 26.5 Å². The second kappa shape index (κ2) is 6.14. The summed E-state index contributed by atoms with van der Waals surface area (Å²) in [6.45, 7) is 4.12. The lowest BCUT2D eigenvalue weighted by atomic mass is 10.1. The van der Waals surface area contributed by atoms with Crippen molar-refractivity contribution in [2.45, 2.75) is 20.4 Å². The lowest BCUT2D eigenvalue weighted by Gasteiger charge is -2.05. The van der Waals surface area contributed by atoms with E-state index in [2.05, 4.69) is 15.3 Å². The topological polar surface area (TPSA) is 80.9 Å². The third kappa shape index (κ3) is 2.87. The monoisotopic (exact) mass is 346 g/mol. The molecule has 1 amide bonds. The van der Waals surface area contributed by atoms with Gasteiger partial charge in [0.25, 0.3) is 5.91 Å². The molecule has 0 aromatic carbocycles. The molecule has 0 bridgehead atoms. The van der Waals surface area contributed by atoms with E-state index in [1.807, 2.05) is 26.0 Å². The standard InChI is InChI=1S/C16H15ClN4OS/c1-8-11-13(18)14(23-16(11)21-9(2)12(8)17)15(22)20-7-10-4-3-5-19-6-10/h3-6H,7,18H2,1-2H3,(H,20,22). The van der Waals surface area contributed by atoms with Crippen LogP contribution in [0, 0.1) is 13.8 Å². The predicted molar refractivity (Wildman–Crippen MR) is 93.9 cm³/mol. The molecule has 0 unspecified atom stereocenters. The highest BCUT2D eigenvalue weighted by molar-refractivity contribution is 7.21. The minimum atomic E-state index is -0.220. The molecule has 0 saturated heterocycles. The number of nitrogen functional groups attached to an aromatic ring is 1. The number of fused-ring (bicyclic) bond motifs is 1. The molecule has 0 atom stereocenters. The van der Waals surface area contributed by atoms with E-state index in [-0.39, 0.29) is 5.91 Å². The second-order valence-corrected chi connectivity index (χ2v) is 6.58. The number of hydrogen-bond donors (Lipinski definition) is 2. The number of pyridine rings is 2. The van der Waals surface area contributed by atoms with Gasteiger partial charge in [0.2, 0.25) is 0 Å². The van der Waals surface area contributed by atoms with Crippen molar-refractivity contribution >= 4 is 44.7 Å². The Labute approximate surface area is 142 Å². The first-order chi connectivity index (χ1) is 11.0. The fourth-order valence-corrected chi connectivity index (χ4v) is 3.64. The van der Waals surface area contributed by atoms with Crippen molar-refractivity contribution in [1.82, 2.24) is 15.3 Å². The molecule has 3 rings (SSSR count). The summed E-state index contributed by atoms with van der Waals surface area (Å²) in [4.78, 5) is 22.1. The zero-order chi connectivity index (χ0) is 16.6. The molecule has 0 spiro atoms. The Morgan fingerprint density at radius 1 is 1.43 bits per heavy atom. The smallest absolute Gasteiger partial charge is 0.263 e. The molecule has 118 valence electrons. The Morgan fingerprint density at radius 3 is 2.91 bits per heavy atom. The number of anilines is 1. The number of nitrogens with two attached hydrogens (primary N) is 1. The number of rotatable bonds is 3. The largest absolute Gasteiger partial charge is 0.397 e. The maximum absolute atomic E-state index is 12.4. The van der Waals surface area contributed by atoms with Crippen molar-refractivity contribution in [3.05, 3.63) is 51.2 Å². The number of amides is 1. The van der Waals surface area contributed by atoms with Crippen LogP contribution in [0.3, 0.4) is 0 Å². The van der Waals surface area contributed by atoms with Crippen molar-refractivity contribution in [2.75, 3.05) is 5.73 Å². The molecular formula is C16H15ClN4OS. The van der Waals surface area contributed by atoms with E-state index in [1.54, 1.807) is 12.4 Å². The van der Waals surface area contributed by atoms with Gasteiger partial charge in [-0.2, -0.15) is 0 Å². The molecule has 7 heteroatoms. The number of nitrogens with one attached hydrogen (secondary N) is 1. The fourth-order valence-electron chi connectivity index (χ4n) is 2.39.